The van der Waals surface area contributed by atoms with E-state index in [0.717, 1.165) is 11.5 Å². The maximum Gasteiger partial charge on any atom is 0.146 e. The number of hydrogen-bond donors (Lipinski definition) is 1. The summed E-state index contributed by atoms with van der Waals surface area (Å²) in [5, 5.41) is 9.19. The van der Waals surface area contributed by atoms with E-state index in [4.69, 9.17) is 4.74 Å². The van der Waals surface area contributed by atoms with Crippen LogP contribution in [-0.2, 0) is 20.3 Å². The van der Waals surface area contributed by atoms with E-state index in [-0.39, 0.29) is 6.61 Å². The van der Waals surface area contributed by atoms with E-state index in [2.05, 4.69) is 9.97 Å². The first-order valence-electron chi connectivity index (χ1n) is 5.37. The van der Waals surface area contributed by atoms with Crippen LogP contribution in [0.2, 0.25) is 0 Å². The lowest BCUT2D eigenvalue weighted by Crippen LogP contribution is -2.05. The van der Waals surface area contributed by atoms with Crippen molar-refractivity contribution < 1.29 is 9.84 Å². The third-order valence-corrected chi connectivity index (χ3v) is 2.50. The molecule has 0 spiro atoms. The molecule has 2 heterocycles. The van der Waals surface area contributed by atoms with Gasteiger partial charge in [-0.15, -0.1) is 0 Å². The Labute approximate surface area is 99.7 Å². The summed E-state index contributed by atoms with van der Waals surface area (Å²) in [5.74, 6) is 1.43. The summed E-state index contributed by atoms with van der Waals surface area (Å²) in [6.45, 7) is 2.11. The number of rotatable bonds is 4. The van der Waals surface area contributed by atoms with Crippen LogP contribution in [0.1, 0.15) is 17.2 Å². The van der Waals surface area contributed by atoms with E-state index >= 15 is 0 Å². The number of aliphatic hydroxyl groups excluding tert-OH is 1. The first-order chi connectivity index (χ1) is 8.20. The van der Waals surface area contributed by atoms with Gasteiger partial charge in [0.25, 0.3) is 0 Å². The van der Waals surface area contributed by atoms with Gasteiger partial charge in [-0.25, -0.2) is 4.98 Å². The van der Waals surface area contributed by atoms with Crippen molar-refractivity contribution in [1.82, 2.24) is 14.5 Å². The molecule has 0 bridgehead atoms. The summed E-state index contributed by atoms with van der Waals surface area (Å²) < 4.78 is 7.49. The standard InChI is InChI=1S/C12H15N3O2/c1-9-3-4-11(10(7-16)14-9)17-8-12-13-5-6-15(12)2/h3-6,16H,7-8H2,1-2H3. The second-order valence-electron chi connectivity index (χ2n) is 3.80. The quantitative estimate of drug-likeness (QED) is 0.861. The molecule has 0 aliphatic heterocycles. The Kier molecular flexibility index (Phi) is 3.39. The molecule has 2 aromatic rings. The average molecular weight is 233 g/mol. The zero-order valence-electron chi connectivity index (χ0n) is 9.92. The largest absolute Gasteiger partial charge is 0.484 e. The minimum absolute atomic E-state index is 0.127. The molecule has 90 valence electrons. The fourth-order valence-electron chi connectivity index (χ4n) is 1.52. The van der Waals surface area contributed by atoms with Gasteiger partial charge in [0.1, 0.15) is 23.9 Å². The molecule has 0 fully saturated rings. The first kappa shape index (κ1) is 11.6. The van der Waals surface area contributed by atoms with E-state index in [0.29, 0.717) is 18.1 Å². The number of hydrogen-bond acceptors (Lipinski definition) is 4. The SMILES string of the molecule is Cc1ccc(OCc2nccn2C)c(CO)n1. The van der Waals surface area contributed by atoms with Crippen molar-refractivity contribution in [2.75, 3.05) is 0 Å². The summed E-state index contributed by atoms with van der Waals surface area (Å²) in [5.41, 5.74) is 1.41. The number of aryl methyl sites for hydroxylation is 2. The van der Waals surface area contributed by atoms with Crippen molar-refractivity contribution in [1.29, 1.82) is 0 Å². The second kappa shape index (κ2) is 4.97. The van der Waals surface area contributed by atoms with Gasteiger partial charge in [0.15, 0.2) is 0 Å². The molecule has 17 heavy (non-hydrogen) atoms. The molecule has 1 N–H and O–H groups in total. The van der Waals surface area contributed by atoms with Crippen LogP contribution in [0, 0.1) is 6.92 Å². The summed E-state index contributed by atoms with van der Waals surface area (Å²) in [7, 11) is 1.91. The highest BCUT2D eigenvalue weighted by molar-refractivity contribution is 5.28. The third kappa shape index (κ3) is 2.62. The van der Waals surface area contributed by atoms with E-state index < -0.39 is 0 Å². The van der Waals surface area contributed by atoms with Crippen molar-refractivity contribution in [3.05, 3.63) is 41.7 Å². The van der Waals surface area contributed by atoms with Crippen LogP contribution in [0.4, 0.5) is 0 Å². The van der Waals surface area contributed by atoms with Crippen molar-refractivity contribution in [3.63, 3.8) is 0 Å². The summed E-state index contributed by atoms with van der Waals surface area (Å²) in [4.78, 5) is 8.37. The highest BCUT2D eigenvalue weighted by Crippen LogP contribution is 2.17. The monoisotopic (exact) mass is 233 g/mol. The van der Waals surface area contributed by atoms with Crippen molar-refractivity contribution >= 4 is 0 Å². The highest BCUT2D eigenvalue weighted by atomic mass is 16.5. The summed E-state index contributed by atoms with van der Waals surface area (Å²) in [6, 6.07) is 3.67. The van der Waals surface area contributed by atoms with Gasteiger partial charge in [-0.3, -0.25) is 4.98 Å². The summed E-state index contributed by atoms with van der Waals surface area (Å²) >= 11 is 0. The van der Waals surface area contributed by atoms with E-state index in [1.54, 1.807) is 6.20 Å². The van der Waals surface area contributed by atoms with Gasteiger partial charge < -0.3 is 14.4 Å². The lowest BCUT2D eigenvalue weighted by molar-refractivity contribution is 0.249. The Bertz CT molecular complexity index is 508. The van der Waals surface area contributed by atoms with Crippen LogP contribution in [0.25, 0.3) is 0 Å². The van der Waals surface area contributed by atoms with E-state index in [1.807, 2.05) is 36.9 Å². The number of pyridine rings is 1. The maximum atomic E-state index is 9.19. The highest BCUT2D eigenvalue weighted by Gasteiger charge is 2.06. The van der Waals surface area contributed by atoms with Gasteiger partial charge in [0, 0.05) is 25.1 Å². The van der Waals surface area contributed by atoms with Crippen LogP contribution in [-0.4, -0.2) is 19.6 Å². The maximum absolute atomic E-state index is 9.19. The van der Waals surface area contributed by atoms with E-state index in [1.165, 1.54) is 0 Å². The lowest BCUT2D eigenvalue weighted by atomic mass is 10.3. The molecular weight excluding hydrogens is 218 g/mol. The van der Waals surface area contributed by atoms with Gasteiger partial charge in [0.05, 0.1) is 6.61 Å². The summed E-state index contributed by atoms with van der Waals surface area (Å²) in [6.07, 6.45) is 3.58. The molecule has 0 saturated carbocycles. The molecule has 0 radical (unpaired) electrons. The van der Waals surface area contributed by atoms with Gasteiger partial charge in [-0.1, -0.05) is 0 Å². The minimum atomic E-state index is -0.127. The molecule has 2 aromatic heterocycles. The molecule has 0 aliphatic carbocycles. The van der Waals surface area contributed by atoms with Gasteiger partial charge in [-0.2, -0.15) is 0 Å². The first-order valence-corrected chi connectivity index (χ1v) is 5.37. The number of imidazole rings is 1. The number of aromatic nitrogens is 3. The molecular formula is C12H15N3O2. The molecule has 0 aliphatic rings. The molecule has 0 aromatic carbocycles. The number of nitrogens with zero attached hydrogens (tertiary/aromatic N) is 3. The Morgan fingerprint density at radius 1 is 1.41 bits per heavy atom. The fraction of sp³-hybridized carbons (Fsp3) is 0.333. The smallest absolute Gasteiger partial charge is 0.146 e. The topological polar surface area (TPSA) is 60.2 Å². The molecule has 0 amide bonds. The molecule has 5 heteroatoms. The second-order valence-corrected chi connectivity index (χ2v) is 3.80. The Morgan fingerprint density at radius 3 is 2.88 bits per heavy atom. The Hall–Kier alpha value is -1.88. The van der Waals surface area contributed by atoms with Gasteiger partial charge in [-0.05, 0) is 19.1 Å². The normalized spacial score (nSPS) is 10.5. The Balaban J connectivity index is 2.11. The number of ether oxygens (including phenoxy) is 1. The van der Waals surface area contributed by atoms with Crippen LogP contribution >= 0.6 is 0 Å². The number of aliphatic hydroxyl groups is 1. The predicted molar refractivity (Wildman–Crippen MR) is 62.4 cm³/mol. The van der Waals surface area contributed by atoms with Gasteiger partial charge in [0.2, 0.25) is 0 Å². The van der Waals surface area contributed by atoms with Gasteiger partial charge >= 0.3 is 0 Å². The molecule has 5 nitrogen and oxygen atoms in total. The van der Waals surface area contributed by atoms with Crippen LogP contribution in [0.15, 0.2) is 24.5 Å². The molecule has 0 atom stereocenters. The zero-order chi connectivity index (χ0) is 12.3. The van der Waals surface area contributed by atoms with Crippen molar-refractivity contribution in [2.45, 2.75) is 20.1 Å². The average Bonchev–Trinajstić information content (AvgIpc) is 2.73. The Morgan fingerprint density at radius 2 is 2.24 bits per heavy atom. The molecule has 2 rings (SSSR count). The van der Waals surface area contributed by atoms with Crippen molar-refractivity contribution in [2.24, 2.45) is 7.05 Å². The third-order valence-electron chi connectivity index (χ3n) is 2.50. The molecule has 0 saturated heterocycles. The van der Waals surface area contributed by atoms with Crippen LogP contribution < -0.4 is 4.74 Å². The van der Waals surface area contributed by atoms with Crippen LogP contribution in [0.5, 0.6) is 5.75 Å². The van der Waals surface area contributed by atoms with Crippen molar-refractivity contribution in [3.8, 4) is 5.75 Å². The lowest BCUT2D eigenvalue weighted by Gasteiger charge is -2.09. The fourth-order valence-corrected chi connectivity index (χ4v) is 1.52. The predicted octanol–water partition coefficient (Wildman–Crippen LogP) is 1.19. The zero-order valence-corrected chi connectivity index (χ0v) is 9.92. The van der Waals surface area contributed by atoms with E-state index in [9.17, 15) is 5.11 Å². The molecule has 0 unspecified atom stereocenters. The minimum Gasteiger partial charge on any atom is -0.484 e. The van der Waals surface area contributed by atoms with Crippen LogP contribution in [0.3, 0.4) is 0 Å².